The summed E-state index contributed by atoms with van der Waals surface area (Å²) in [6.07, 6.45) is 2.63. The predicted octanol–water partition coefficient (Wildman–Crippen LogP) is 3.73. The van der Waals surface area contributed by atoms with Gasteiger partial charge in [0.2, 0.25) is 5.91 Å². The molecule has 41 heavy (non-hydrogen) atoms. The molecule has 2 amide bonds. The molecule has 3 aliphatic rings. The van der Waals surface area contributed by atoms with Crippen LogP contribution in [0.25, 0.3) is 11.1 Å². The van der Waals surface area contributed by atoms with Gasteiger partial charge in [-0.2, -0.15) is 0 Å². The highest BCUT2D eigenvalue weighted by atomic mass is 16.5. The van der Waals surface area contributed by atoms with E-state index in [4.69, 9.17) is 4.74 Å². The second kappa shape index (κ2) is 12.9. The van der Waals surface area contributed by atoms with E-state index in [9.17, 15) is 14.7 Å². The molecule has 0 spiro atoms. The molecule has 8 heteroatoms. The Morgan fingerprint density at radius 2 is 1.83 bits per heavy atom. The molecule has 3 atom stereocenters. The number of nitrogens with one attached hydrogen (secondary N) is 2. The molecule has 0 aromatic heterocycles. The van der Waals surface area contributed by atoms with E-state index < -0.39 is 0 Å². The van der Waals surface area contributed by atoms with Crippen LogP contribution in [0.1, 0.15) is 61.5 Å². The molecule has 3 unspecified atom stereocenters. The quantitative estimate of drug-likeness (QED) is 0.431. The number of anilines is 1. The molecule has 0 saturated carbocycles. The van der Waals surface area contributed by atoms with Crippen LogP contribution in [0.3, 0.4) is 0 Å². The van der Waals surface area contributed by atoms with Crippen LogP contribution in [0.2, 0.25) is 0 Å². The molecule has 3 heterocycles. The number of benzene rings is 2. The fourth-order valence-electron chi connectivity index (χ4n) is 6.74. The third-order valence-electron chi connectivity index (χ3n) is 9.16. The van der Waals surface area contributed by atoms with Gasteiger partial charge in [-0.25, -0.2) is 0 Å². The molecule has 0 radical (unpaired) electrons. The summed E-state index contributed by atoms with van der Waals surface area (Å²) in [6, 6.07) is 13.3. The third-order valence-corrected chi connectivity index (χ3v) is 9.16. The van der Waals surface area contributed by atoms with E-state index in [-0.39, 0.29) is 35.8 Å². The van der Waals surface area contributed by atoms with Crippen molar-refractivity contribution < 1.29 is 19.4 Å². The lowest BCUT2D eigenvalue weighted by Crippen LogP contribution is -2.50. The molecule has 0 bridgehead atoms. The number of nitrogens with zero attached hydrogens (tertiary/aromatic N) is 2. The average molecular weight is 563 g/mol. The van der Waals surface area contributed by atoms with E-state index in [0.717, 1.165) is 81.0 Å². The van der Waals surface area contributed by atoms with Crippen molar-refractivity contribution in [1.82, 2.24) is 15.5 Å². The van der Waals surface area contributed by atoms with E-state index in [2.05, 4.69) is 64.6 Å². The predicted molar refractivity (Wildman–Crippen MR) is 162 cm³/mol. The van der Waals surface area contributed by atoms with E-state index in [0.29, 0.717) is 18.2 Å². The second-order valence-electron chi connectivity index (χ2n) is 12.3. The van der Waals surface area contributed by atoms with Crippen LogP contribution in [-0.2, 0) is 16.1 Å². The zero-order chi connectivity index (χ0) is 29.1. The van der Waals surface area contributed by atoms with Gasteiger partial charge in [0.25, 0.3) is 5.91 Å². The molecule has 2 aromatic rings. The zero-order valence-electron chi connectivity index (χ0n) is 25.0. The highest BCUT2D eigenvalue weighted by Crippen LogP contribution is 2.34. The summed E-state index contributed by atoms with van der Waals surface area (Å²) in [7, 11) is 0. The number of rotatable bonds is 9. The van der Waals surface area contributed by atoms with E-state index >= 15 is 0 Å². The van der Waals surface area contributed by atoms with Gasteiger partial charge in [-0.05, 0) is 80.3 Å². The van der Waals surface area contributed by atoms with Crippen LogP contribution in [0, 0.1) is 18.8 Å². The van der Waals surface area contributed by atoms with E-state index in [1.165, 1.54) is 5.56 Å². The molecule has 3 N–H and O–H groups in total. The smallest absolute Gasteiger partial charge is 0.251 e. The van der Waals surface area contributed by atoms with Gasteiger partial charge in [0.15, 0.2) is 0 Å². The Labute approximate surface area is 244 Å². The van der Waals surface area contributed by atoms with Gasteiger partial charge in [-0.15, -0.1) is 0 Å². The normalized spacial score (nSPS) is 24.0. The Bertz CT molecular complexity index is 1220. The number of β-amino-alcohol motifs (C(OH)–C–C–N with tert-alkyl or cyclic N) is 1. The molecule has 5 rings (SSSR count). The summed E-state index contributed by atoms with van der Waals surface area (Å²) in [5.74, 6) is -0.135. The molecule has 3 saturated heterocycles. The van der Waals surface area contributed by atoms with Crippen molar-refractivity contribution >= 4 is 17.5 Å². The fraction of sp³-hybridized carbons (Fsp3) is 0.576. The van der Waals surface area contributed by atoms with Crippen molar-refractivity contribution in [2.24, 2.45) is 11.8 Å². The summed E-state index contributed by atoms with van der Waals surface area (Å²) in [6.45, 7) is 13.3. The number of amides is 2. The van der Waals surface area contributed by atoms with Crippen molar-refractivity contribution in [1.29, 1.82) is 0 Å². The standard InChI is InChI=1S/C33H46N4O4/c1-5-37(27-10-12-41-13-11-27)31-16-26(25-8-6-24(7-9-25)18-36-19-28(38)20-36)15-29(23(31)4)32(39)34-17-30-21(2)14-22(3)35-33(30)40/h6-9,15-16,21-22,27-28,30,38H,5,10-14,17-20H2,1-4H3,(H,34,39)(H,35,40). The minimum atomic E-state index is -0.229. The van der Waals surface area contributed by atoms with Crippen molar-refractivity contribution in [2.45, 2.75) is 71.7 Å². The SMILES string of the molecule is CCN(c1cc(-c2ccc(CN3CC(O)C3)cc2)cc(C(=O)NCC2C(=O)NC(C)CC2C)c1C)C1CCOCC1. The van der Waals surface area contributed by atoms with Gasteiger partial charge in [-0.1, -0.05) is 31.2 Å². The maximum atomic E-state index is 13.7. The Morgan fingerprint density at radius 3 is 2.46 bits per heavy atom. The second-order valence-corrected chi connectivity index (χ2v) is 12.3. The van der Waals surface area contributed by atoms with Gasteiger partial charge in [0, 0.05) is 69.3 Å². The van der Waals surface area contributed by atoms with Crippen molar-refractivity contribution in [3.63, 3.8) is 0 Å². The number of ether oxygens (including phenoxy) is 1. The number of carbonyl (C=O) groups excluding carboxylic acids is 2. The maximum Gasteiger partial charge on any atom is 0.251 e. The number of aliphatic hydroxyl groups is 1. The lowest BCUT2D eigenvalue weighted by atomic mass is 9.84. The Balaban J connectivity index is 1.42. The van der Waals surface area contributed by atoms with Crippen LogP contribution in [0.15, 0.2) is 36.4 Å². The molecular formula is C33H46N4O4. The van der Waals surface area contributed by atoms with Crippen LogP contribution < -0.4 is 15.5 Å². The Hall–Kier alpha value is -2.94. The molecule has 3 fully saturated rings. The molecule has 0 aliphatic carbocycles. The van der Waals surface area contributed by atoms with Crippen LogP contribution in [0.5, 0.6) is 0 Å². The molecule has 3 aliphatic heterocycles. The van der Waals surface area contributed by atoms with Crippen molar-refractivity contribution in [2.75, 3.05) is 44.3 Å². The van der Waals surface area contributed by atoms with Gasteiger partial charge in [-0.3, -0.25) is 14.5 Å². The minimum Gasteiger partial charge on any atom is -0.390 e. The number of hydrogen-bond acceptors (Lipinski definition) is 6. The zero-order valence-corrected chi connectivity index (χ0v) is 25.0. The lowest BCUT2D eigenvalue weighted by molar-refractivity contribution is -0.129. The van der Waals surface area contributed by atoms with E-state index in [1.54, 1.807) is 0 Å². The van der Waals surface area contributed by atoms with Gasteiger partial charge >= 0.3 is 0 Å². The first-order valence-electron chi connectivity index (χ1n) is 15.3. The molecule has 8 nitrogen and oxygen atoms in total. The van der Waals surface area contributed by atoms with E-state index in [1.807, 2.05) is 19.9 Å². The number of hydrogen-bond donors (Lipinski definition) is 3. The van der Waals surface area contributed by atoms with Gasteiger partial charge < -0.3 is 25.4 Å². The minimum absolute atomic E-state index is 0.0206. The van der Waals surface area contributed by atoms with Gasteiger partial charge in [0.05, 0.1) is 12.0 Å². The average Bonchev–Trinajstić information content (AvgIpc) is 2.94. The summed E-state index contributed by atoms with van der Waals surface area (Å²) in [5.41, 5.74) is 5.96. The summed E-state index contributed by atoms with van der Waals surface area (Å²) in [5, 5.41) is 15.8. The molecule has 222 valence electrons. The van der Waals surface area contributed by atoms with Crippen molar-refractivity contribution in [3.8, 4) is 11.1 Å². The number of aliphatic hydroxyl groups excluding tert-OH is 1. The first kappa shape index (κ1) is 29.5. The van der Waals surface area contributed by atoms with Crippen LogP contribution in [-0.4, -0.2) is 79.4 Å². The maximum absolute atomic E-state index is 13.7. The number of piperidine rings is 1. The molecular weight excluding hydrogens is 516 g/mol. The highest BCUT2D eigenvalue weighted by molar-refractivity contribution is 5.99. The number of carbonyl (C=O) groups is 2. The first-order valence-corrected chi connectivity index (χ1v) is 15.3. The first-order chi connectivity index (χ1) is 19.7. The summed E-state index contributed by atoms with van der Waals surface area (Å²) >= 11 is 0. The van der Waals surface area contributed by atoms with Crippen molar-refractivity contribution in [3.05, 3.63) is 53.1 Å². The lowest BCUT2D eigenvalue weighted by Gasteiger charge is -2.37. The Morgan fingerprint density at radius 1 is 1.12 bits per heavy atom. The summed E-state index contributed by atoms with van der Waals surface area (Å²) < 4.78 is 5.64. The fourth-order valence-corrected chi connectivity index (χ4v) is 6.74. The van der Waals surface area contributed by atoms with Crippen LogP contribution in [0.4, 0.5) is 5.69 Å². The van der Waals surface area contributed by atoms with Gasteiger partial charge in [0.1, 0.15) is 0 Å². The topological polar surface area (TPSA) is 94.1 Å². The summed E-state index contributed by atoms with van der Waals surface area (Å²) in [4.78, 5) is 31.1. The monoisotopic (exact) mass is 562 g/mol. The van der Waals surface area contributed by atoms with Crippen LogP contribution >= 0.6 is 0 Å². The highest BCUT2D eigenvalue weighted by Gasteiger charge is 2.33. The molecule has 2 aromatic carbocycles. The number of likely N-dealkylation sites (tertiary alicyclic amines) is 1. The Kier molecular flexibility index (Phi) is 9.32. The largest absolute Gasteiger partial charge is 0.390 e. The third kappa shape index (κ3) is 6.76.